The van der Waals surface area contributed by atoms with E-state index < -0.39 is 0 Å². The molecule has 0 saturated heterocycles. The molecular weight excluding hydrogens is 360 g/mol. The molecule has 142 valence electrons. The van der Waals surface area contributed by atoms with Gasteiger partial charge < -0.3 is 15.2 Å². The van der Waals surface area contributed by atoms with Gasteiger partial charge in [0.15, 0.2) is 0 Å². The standard InChI is InChI=1S/C20H24N4O2S/c1-11(2)13-8-6-7-9-14(13)21-19(26)17-12(3)16-18(25)22-15(10-24(4)5)23-20(16)27-17/h6-9,11H,10H2,1-5H3,(H,21,26)(H,22,23,25). The molecule has 0 aliphatic heterocycles. The topological polar surface area (TPSA) is 78.1 Å². The maximum absolute atomic E-state index is 12.9. The predicted molar refractivity (Wildman–Crippen MR) is 111 cm³/mol. The van der Waals surface area contributed by atoms with Crippen molar-refractivity contribution in [3.8, 4) is 0 Å². The lowest BCUT2D eigenvalue weighted by Gasteiger charge is -2.13. The Balaban J connectivity index is 2.00. The summed E-state index contributed by atoms with van der Waals surface area (Å²) in [5, 5.41) is 3.49. The van der Waals surface area contributed by atoms with Crippen LogP contribution < -0.4 is 10.9 Å². The lowest BCUT2D eigenvalue weighted by molar-refractivity contribution is 0.103. The minimum atomic E-state index is -0.211. The number of anilines is 1. The number of hydrogen-bond acceptors (Lipinski definition) is 5. The van der Waals surface area contributed by atoms with E-state index in [9.17, 15) is 9.59 Å². The van der Waals surface area contributed by atoms with Gasteiger partial charge in [-0.2, -0.15) is 0 Å². The van der Waals surface area contributed by atoms with Gasteiger partial charge in [0.25, 0.3) is 11.5 Å². The molecule has 7 heteroatoms. The van der Waals surface area contributed by atoms with Gasteiger partial charge in [-0.05, 0) is 44.1 Å². The van der Waals surface area contributed by atoms with Gasteiger partial charge in [-0.3, -0.25) is 9.59 Å². The van der Waals surface area contributed by atoms with Crippen LogP contribution in [0.5, 0.6) is 0 Å². The van der Waals surface area contributed by atoms with Gasteiger partial charge in [0.2, 0.25) is 0 Å². The quantitative estimate of drug-likeness (QED) is 0.703. The molecule has 0 aliphatic carbocycles. The smallest absolute Gasteiger partial charge is 0.266 e. The number of hydrogen-bond donors (Lipinski definition) is 2. The van der Waals surface area contributed by atoms with Crippen molar-refractivity contribution in [2.75, 3.05) is 19.4 Å². The zero-order chi connectivity index (χ0) is 19.7. The predicted octanol–water partition coefficient (Wildman–Crippen LogP) is 3.73. The number of H-pyrrole nitrogens is 1. The van der Waals surface area contributed by atoms with E-state index in [1.165, 1.54) is 11.3 Å². The van der Waals surface area contributed by atoms with Crippen LogP contribution in [-0.2, 0) is 6.54 Å². The van der Waals surface area contributed by atoms with E-state index >= 15 is 0 Å². The summed E-state index contributed by atoms with van der Waals surface area (Å²) in [6.07, 6.45) is 0. The van der Waals surface area contributed by atoms with E-state index in [2.05, 4.69) is 29.1 Å². The van der Waals surface area contributed by atoms with E-state index in [4.69, 9.17) is 0 Å². The second-order valence-corrected chi connectivity index (χ2v) is 8.18. The Hall–Kier alpha value is -2.51. The lowest BCUT2D eigenvalue weighted by Crippen LogP contribution is -2.18. The lowest BCUT2D eigenvalue weighted by atomic mass is 10.0. The van der Waals surface area contributed by atoms with Crippen LogP contribution >= 0.6 is 11.3 Å². The fourth-order valence-corrected chi connectivity index (χ4v) is 4.17. The highest BCUT2D eigenvalue weighted by Gasteiger charge is 2.20. The second-order valence-electron chi connectivity index (χ2n) is 7.18. The minimum absolute atomic E-state index is 0.202. The van der Waals surface area contributed by atoms with E-state index in [0.717, 1.165) is 11.3 Å². The molecule has 2 N–H and O–H groups in total. The van der Waals surface area contributed by atoms with Gasteiger partial charge in [0.05, 0.1) is 16.8 Å². The molecule has 2 aromatic heterocycles. The summed E-state index contributed by atoms with van der Waals surface area (Å²) in [5.41, 5.74) is 2.34. The number of carbonyl (C=O) groups excluding carboxylic acids is 1. The number of nitrogens with zero attached hydrogens (tertiary/aromatic N) is 2. The van der Waals surface area contributed by atoms with E-state index in [0.29, 0.717) is 38.9 Å². The molecule has 6 nitrogen and oxygen atoms in total. The zero-order valence-electron chi connectivity index (χ0n) is 16.2. The third-order valence-electron chi connectivity index (χ3n) is 4.35. The van der Waals surface area contributed by atoms with Gasteiger partial charge in [-0.15, -0.1) is 11.3 Å². The molecule has 2 heterocycles. The summed E-state index contributed by atoms with van der Waals surface area (Å²) in [5.74, 6) is 0.677. The maximum atomic E-state index is 12.9. The first-order valence-corrected chi connectivity index (χ1v) is 9.67. The number of thiophene rings is 1. The van der Waals surface area contributed by atoms with Crippen LogP contribution in [-0.4, -0.2) is 34.9 Å². The fraction of sp³-hybridized carbons (Fsp3) is 0.350. The molecule has 0 aliphatic rings. The maximum Gasteiger partial charge on any atom is 0.266 e. The number of aryl methyl sites for hydroxylation is 1. The molecule has 3 aromatic rings. The summed E-state index contributed by atoms with van der Waals surface area (Å²) in [4.78, 5) is 35.8. The number of carbonyl (C=O) groups is 1. The molecule has 0 fully saturated rings. The third-order valence-corrected chi connectivity index (χ3v) is 5.54. The highest BCUT2D eigenvalue weighted by atomic mass is 32.1. The fourth-order valence-electron chi connectivity index (χ4n) is 3.07. The van der Waals surface area contributed by atoms with Crippen LogP contribution in [0.3, 0.4) is 0 Å². The number of benzene rings is 1. The highest BCUT2D eigenvalue weighted by molar-refractivity contribution is 7.20. The first-order chi connectivity index (χ1) is 12.8. The van der Waals surface area contributed by atoms with E-state index in [1.54, 1.807) is 6.92 Å². The van der Waals surface area contributed by atoms with Crippen LogP contribution in [0.15, 0.2) is 29.1 Å². The highest BCUT2D eigenvalue weighted by Crippen LogP contribution is 2.29. The van der Waals surface area contributed by atoms with Crippen molar-refractivity contribution in [2.24, 2.45) is 0 Å². The van der Waals surface area contributed by atoms with Gasteiger partial charge in [0, 0.05) is 5.69 Å². The second kappa shape index (κ2) is 7.62. The van der Waals surface area contributed by atoms with Crippen molar-refractivity contribution >= 4 is 33.1 Å². The third kappa shape index (κ3) is 3.94. The number of amides is 1. The zero-order valence-corrected chi connectivity index (χ0v) is 17.0. The largest absolute Gasteiger partial charge is 0.321 e. The van der Waals surface area contributed by atoms with Gasteiger partial charge >= 0.3 is 0 Å². The van der Waals surface area contributed by atoms with Crippen LogP contribution in [0, 0.1) is 6.92 Å². The summed E-state index contributed by atoms with van der Waals surface area (Å²) < 4.78 is 0. The molecule has 0 radical (unpaired) electrons. The normalized spacial score (nSPS) is 11.5. The summed E-state index contributed by atoms with van der Waals surface area (Å²) in [6, 6.07) is 7.78. The Morgan fingerprint density at radius 1 is 1.30 bits per heavy atom. The Bertz CT molecular complexity index is 1050. The Kier molecular flexibility index (Phi) is 5.43. The van der Waals surface area contributed by atoms with Crippen LogP contribution in [0.2, 0.25) is 0 Å². The summed E-state index contributed by atoms with van der Waals surface area (Å²) in [6.45, 7) is 6.51. The van der Waals surface area contributed by atoms with Gasteiger partial charge in [-0.1, -0.05) is 32.0 Å². The average Bonchev–Trinajstić information content (AvgIpc) is 2.91. The van der Waals surface area contributed by atoms with Crippen molar-refractivity contribution in [2.45, 2.75) is 33.2 Å². The summed E-state index contributed by atoms with van der Waals surface area (Å²) in [7, 11) is 3.82. The number of rotatable bonds is 5. The molecule has 1 amide bonds. The van der Waals surface area contributed by atoms with Crippen molar-refractivity contribution in [3.63, 3.8) is 0 Å². The molecule has 0 saturated carbocycles. The molecule has 27 heavy (non-hydrogen) atoms. The molecule has 3 rings (SSSR count). The SMILES string of the molecule is Cc1c(C(=O)Nc2ccccc2C(C)C)sc2nc(CN(C)C)[nH]c(=O)c12. The number of nitrogens with one attached hydrogen (secondary N) is 2. The van der Waals surface area contributed by atoms with Crippen molar-refractivity contribution in [1.29, 1.82) is 0 Å². The van der Waals surface area contributed by atoms with Crippen LogP contribution in [0.4, 0.5) is 5.69 Å². The van der Waals surface area contributed by atoms with Crippen LogP contribution in [0.25, 0.3) is 10.2 Å². The van der Waals surface area contributed by atoms with E-state index in [-0.39, 0.29) is 11.5 Å². The van der Waals surface area contributed by atoms with Gasteiger partial charge in [-0.25, -0.2) is 4.98 Å². The number of aromatic amines is 1. The monoisotopic (exact) mass is 384 g/mol. The molecule has 0 atom stereocenters. The molecule has 0 spiro atoms. The number of fused-ring (bicyclic) bond motifs is 1. The Morgan fingerprint density at radius 3 is 2.67 bits per heavy atom. The van der Waals surface area contributed by atoms with Crippen molar-refractivity contribution in [3.05, 3.63) is 56.4 Å². The van der Waals surface area contributed by atoms with Crippen molar-refractivity contribution < 1.29 is 4.79 Å². The number of para-hydroxylation sites is 1. The van der Waals surface area contributed by atoms with Crippen LogP contribution in [0.1, 0.15) is 46.4 Å². The first-order valence-electron chi connectivity index (χ1n) is 8.85. The Labute approximate surface area is 162 Å². The van der Waals surface area contributed by atoms with Crippen molar-refractivity contribution in [1.82, 2.24) is 14.9 Å². The molecule has 0 unspecified atom stereocenters. The minimum Gasteiger partial charge on any atom is -0.321 e. The average molecular weight is 385 g/mol. The molecule has 1 aromatic carbocycles. The number of aromatic nitrogens is 2. The first kappa shape index (κ1) is 19.3. The van der Waals surface area contributed by atoms with E-state index in [1.807, 2.05) is 43.3 Å². The van der Waals surface area contributed by atoms with Gasteiger partial charge in [0.1, 0.15) is 10.7 Å². The molecular formula is C20H24N4O2S. The Morgan fingerprint density at radius 2 is 2.00 bits per heavy atom. The summed E-state index contributed by atoms with van der Waals surface area (Å²) >= 11 is 1.26. The molecule has 0 bridgehead atoms.